The fraction of sp³-hybridized carbons (Fsp3) is 0.176. The van der Waals surface area contributed by atoms with Crippen LogP contribution in [0.15, 0.2) is 42.5 Å². The molecule has 0 radical (unpaired) electrons. The van der Waals surface area contributed by atoms with Crippen LogP contribution in [-0.2, 0) is 11.3 Å². The molecule has 1 aromatic heterocycles. The van der Waals surface area contributed by atoms with Crippen LogP contribution < -0.4 is 21.2 Å². The predicted octanol–water partition coefficient (Wildman–Crippen LogP) is 1.98. The highest BCUT2D eigenvalue weighted by Gasteiger charge is 2.10. The number of carbonyl (C=O) groups is 1. The summed E-state index contributed by atoms with van der Waals surface area (Å²) in [6.07, 6.45) is 0. The van der Waals surface area contributed by atoms with Crippen LogP contribution >= 0.6 is 11.6 Å². The first-order chi connectivity index (χ1) is 13.0. The van der Waals surface area contributed by atoms with Crippen LogP contribution in [-0.4, -0.2) is 32.8 Å². The molecule has 0 aliphatic heterocycles. The third-order valence-corrected chi connectivity index (χ3v) is 3.86. The van der Waals surface area contributed by atoms with Gasteiger partial charge in [-0.3, -0.25) is 4.79 Å². The Hall–Kier alpha value is -3.33. The van der Waals surface area contributed by atoms with Crippen molar-refractivity contribution >= 4 is 29.1 Å². The lowest BCUT2D eigenvalue weighted by molar-refractivity contribution is -0.118. The Morgan fingerprint density at radius 3 is 2.74 bits per heavy atom. The molecule has 0 fully saturated rings. The molecule has 1 heterocycles. The van der Waals surface area contributed by atoms with Crippen molar-refractivity contribution in [3.8, 4) is 5.75 Å². The van der Waals surface area contributed by atoms with Crippen LogP contribution in [0.2, 0.25) is 5.02 Å². The molecule has 0 unspecified atom stereocenters. The zero-order valence-corrected chi connectivity index (χ0v) is 15.3. The maximum absolute atomic E-state index is 12.1. The average molecular weight is 388 g/mol. The molecule has 4 N–H and O–H groups in total. The molecule has 3 aromatic rings. The van der Waals surface area contributed by atoms with Gasteiger partial charge in [-0.1, -0.05) is 34.4 Å². The Morgan fingerprint density at radius 2 is 2.04 bits per heavy atom. The topological polar surface area (TPSA) is 120 Å². The number of rotatable bonds is 7. The van der Waals surface area contributed by atoms with Gasteiger partial charge in [0.05, 0.1) is 6.54 Å². The van der Waals surface area contributed by atoms with E-state index in [1.807, 2.05) is 31.2 Å². The number of nitrogen functional groups attached to an aromatic ring is 1. The number of aromatic nitrogens is 4. The minimum Gasteiger partial charge on any atom is -0.483 e. The van der Waals surface area contributed by atoms with Crippen LogP contribution in [0.4, 0.5) is 11.6 Å². The number of amides is 1. The van der Waals surface area contributed by atoms with Gasteiger partial charge in [0.2, 0.25) is 0 Å². The lowest BCUT2D eigenvalue weighted by atomic mass is 10.2. The molecule has 0 atom stereocenters. The van der Waals surface area contributed by atoms with Crippen molar-refractivity contribution in [2.45, 2.75) is 13.5 Å². The van der Waals surface area contributed by atoms with E-state index in [9.17, 15) is 4.79 Å². The number of nitrogens with two attached hydrogens (primary N) is 1. The molecular weight excluding hydrogens is 370 g/mol. The summed E-state index contributed by atoms with van der Waals surface area (Å²) < 4.78 is 5.65. The number of nitrogens with zero attached hydrogens (tertiary/aromatic N) is 4. The van der Waals surface area contributed by atoms with Gasteiger partial charge in [-0.25, -0.2) is 0 Å². The number of aryl methyl sites for hydroxylation is 1. The first kappa shape index (κ1) is 18.5. The Labute approximate surface area is 160 Å². The number of halogens is 1. The minimum atomic E-state index is -0.266. The summed E-state index contributed by atoms with van der Waals surface area (Å²) in [5.74, 6) is 0.368. The van der Waals surface area contributed by atoms with Gasteiger partial charge in [-0.2, -0.15) is 0 Å². The number of tetrazole rings is 1. The summed E-state index contributed by atoms with van der Waals surface area (Å²) in [7, 11) is 0. The van der Waals surface area contributed by atoms with E-state index in [1.165, 1.54) is 4.79 Å². The third kappa shape index (κ3) is 5.08. The van der Waals surface area contributed by atoms with Gasteiger partial charge in [0, 0.05) is 16.3 Å². The van der Waals surface area contributed by atoms with Gasteiger partial charge in [0.1, 0.15) is 5.75 Å². The molecule has 0 aliphatic carbocycles. The number of anilines is 2. The maximum Gasteiger partial charge on any atom is 0.262 e. The van der Waals surface area contributed by atoms with Crippen molar-refractivity contribution in [2.75, 3.05) is 23.1 Å². The van der Waals surface area contributed by atoms with Gasteiger partial charge in [-0.15, -0.1) is 4.79 Å². The van der Waals surface area contributed by atoms with Crippen molar-refractivity contribution < 1.29 is 9.53 Å². The molecule has 9 nitrogen and oxygen atoms in total. The summed E-state index contributed by atoms with van der Waals surface area (Å²) in [5, 5.41) is 14.0. The highest BCUT2D eigenvalue weighted by Crippen LogP contribution is 2.23. The van der Waals surface area contributed by atoms with E-state index in [-0.39, 0.29) is 18.5 Å². The molecule has 0 spiro atoms. The highest BCUT2D eigenvalue weighted by molar-refractivity contribution is 6.30. The predicted molar refractivity (Wildman–Crippen MR) is 102 cm³/mol. The van der Waals surface area contributed by atoms with Crippen LogP contribution in [0.5, 0.6) is 5.75 Å². The fourth-order valence-corrected chi connectivity index (χ4v) is 2.47. The molecular formula is C17H18ClN7O2. The van der Waals surface area contributed by atoms with Crippen LogP contribution in [0.25, 0.3) is 0 Å². The molecule has 3 rings (SSSR count). The van der Waals surface area contributed by atoms with E-state index in [0.29, 0.717) is 23.0 Å². The first-order valence-corrected chi connectivity index (χ1v) is 8.44. The Bertz CT molecular complexity index is 927. The molecule has 0 aliphatic rings. The van der Waals surface area contributed by atoms with Gasteiger partial charge >= 0.3 is 0 Å². The molecule has 0 bridgehead atoms. The first-order valence-electron chi connectivity index (χ1n) is 8.07. The number of ether oxygens (including phenoxy) is 1. The lowest BCUT2D eigenvalue weighted by Gasteiger charge is -2.13. The van der Waals surface area contributed by atoms with Crippen LogP contribution in [0.1, 0.15) is 11.1 Å². The van der Waals surface area contributed by atoms with E-state index in [4.69, 9.17) is 22.1 Å². The molecule has 10 heteroatoms. The van der Waals surface area contributed by atoms with E-state index >= 15 is 0 Å². The van der Waals surface area contributed by atoms with Gasteiger partial charge in [0.15, 0.2) is 6.61 Å². The van der Waals surface area contributed by atoms with Crippen molar-refractivity contribution in [1.29, 1.82) is 0 Å². The van der Waals surface area contributed by atoms with E-state index < -0.39 is 0 Å². The normalized spacial score (nSPS) is 10.4. The van der Waals surface area contributed by atoms with Crippen LogP contribution in [0.3, 0.4) is 0 Å². The molecule has 2 aromatic carbocycles. The number of carbonyl (C=O) groups excluding carboxylic acids is 1. The van der Waals surface area contributed by atoms with Crippen LogP contribution in [0, 0.1) is 6.92 Å². The zero-order valence-electron chi connectivity index (χ0n) is 14.5. The molecule has 0 saturated heterocycles. The quantitative estimate of drug-likeness (QED) is 0.566. The van der Waals surface area contributed by atoms with E-state index in [2.05, 4.69) is 26.3 Å². The number of nitrogens with one attached hydrogen (secondary N) is 2. The lowest BCUT2D eigenvalue weighted by Crippen LogP contribution is -2.22. The Kier molecular flexibility index (Phi) is 5.72. The second-order valence-electron chi connectivity index (χ2n) is 5.74. The zero-order chi connectivity index (χ0) is 19.2. The monoisotopic (exact) mass is 387 g/mol. The van der Waals surface area contributed by atoms with Gasteiger partial charge in [-0.05, 0) is 47.7 Å². The molecule has 0 saturated carbocycles. The molecule has 140 valence electrons. The number of hydrogen-bond donors (Lipinski definition) is 3. The average Bonchev–Trinajstić information content (AvgIpc) is 3.06. The molecule has 1 amide bonds. The second kappa shape index (κ2) is 8.37. The number of hydrogen-bond acceptors (Lipinski definition) is 7. The molecule has 27 heavy (non-hydrogen) atoms. The highest BCUT2D eigenvalue weighted by atomic mass is 35.5. The van der Waals surface area contributed by atoms with Gasteiger partial charge in [0.25, 0.3) is 11.9 Å². The Morgan fingerprint density at radius 1 is 1.26 bits per heavy atom. The smallest absolute Gasteiger partial charge is 0.262 e. The Balaban J connectivity index is 1.61. The summed E-state index contributed by atoms with van der Waals surface area (Å²) in [5.41, 5.74) is 11.1. The maximum atomic E-state index is 12.1. The van der Waals surface area contributed by atoms with Crippen molar-refractivity contribution in [2.24, 2.45) is 0 Å². The summed E-state index contributed by atoms with van der Waals surface area (Å²) in [4.78, 5) is 13.3. The largest absolute Gasteiger partial charge is 0.483 e. The number of benzene rings is 2. The third-order valence-electron chi connectivity index (χ3n) is 3.63. The van der Waals surface area contributed by atoms with Crippen molar-refractivity contribution in [3.05, 3.63) is 58.6 Å². The van der Waals surface area contributed by atoms with E-state index in [0.717, 1.165) is 11.1 Å². The summed E-state index contributed by atoms with van der Waals surface area (Å²) >= 11 is 6.06. The summed E-state index contributed by atoms with van der Waals surface area (Å²) in [6, 6.07) is 12.6. The SMILES string of the molecule is Cc1ccc(NC(=O)COc2ccc(Cl)cc2CNn2nnnc2N)cc1. The summed E-state index contributed by atoms with van der Waals surface area (Å²) in [6.45, 7) is 2.13. The minimum absolute atomic E-state index is 0.122. The second-order valence-corrected chi connectivity index (χ2v) is 6.18. The van der Waals surface area contributed by atoms with Crippen molar-refractivity contribution in [1.82, 2.24) is 20.3 Å². The van der Waals surface area contributed by atoms with Gasteiger partial charge < -0.3 is 21.2 Å². The van der Waals surface area contributed by atoms with E-state index in [1.54, 1.807) is 18.2 Å². The standard InChI is InChI=1S/C17H18ClN7O2/c1-11-2-5-14(6-3-11)21-16(26)10-27-15-7-4-13(18)8-12(15)9-20-25-17(19)22-23-24-25/h2-8,20H,9-10H2,1H3,(H,21,26)(H2,19,22,24). The fourth-order valence-electron chi connectivity index (χ4n) is 2.27. The van der Waals surface area contributed by atoms with Crippen molar-refractivity contribution in [3.63, 3.8) is 0 Å².